The zero-order valence-electron chi connectivity index (χ0n) is 12.1. The molecule has 0 saturated carbocycles. The van der Waals surface area contributed by atoms with Crippen molar-refractivity contribution >= 4 is 19.0 Å². The van der Waals surface area contributed by atoms with E-state index in [9.17, 15) is 4.79 Å². The number of carboxylic acid groups (broad SMARTS) is 1. The van der Waals surface area contributed by atoms with Crippen LogP contribution in [0.15, 0.2) is 18.3 Å². The van der Waals surface area contributed by atoms with Gasteiger partial charge in [0.15, 0.2) is 0 Å². The summed E-state index contributed by atoms with van der Waals surface area (Å²) in [5.74, 6) is 0.301. The number of amides is 1. The standard InChI is InChI=1S/C13H19BN2O4/c1-12(2)13(3,4)20-14(19-12)7-9-5-6-10(15-8-9)16-11(17)18/h5-6,8H,7H2,1-4H3,(H,15,16)(H,17,18). The molecule has 1 aliphatic rings. The van der Waals surface area contributed by atoms with Crippen LogP contribution in [0.3, 0.4) is 0 Å². The molecule has 1 aromatic heterocycles. The van der Waals surface area contributed by atoms with Gasteiger partial charge in [-0.05, 0) is 39.3 Å². The first kappa shape index (κ1) is 14.8. The predicted octanol–water partition coefficient (Wildman–Crippen LogP) is 2.35. The van der Waals surface area contributed by atoms with Crippen LogP contribution in [-0.4, -0.2) is 34.5 Å². The number of pyridine rings is 1. The Labute approximate surface area is 118 Å². The fourth-order valence-electron chi connectivity index (χ4n) is 1.97. The van der Waals surface area contributed by atoms with Gasteiger partial charge in [0, 0.05) is 12.5 Å². The molecule has 2 N–H and O–H groups in total. The maximum absolute atomic E-state index is 10.5. The summed E-state index contributed by atoms with van der Waals surface area (Å²) in [5.41, 5.74) is 0.227. The molecule has 1 fully saturated rings. The lowest BCUT2D eigenvalue weighted by Gasteiger charge is -2.32. The quantitative estimate of drug-likeness (QED) is 0.829. The second kappa shape index (κ2) is 5.07. The molecule has 2 rings (SSSR count). The highest BCUT2D eigenvalue weighted by Crippen LogP contribution is 2.37. The van der Waals surface area contributed by atoms with Crippen LogP contribution in [0.1, 0.15) is 33.3 Å². The van der Waals surface area contributed by atoms with E-state index in [2.05, 4.69) is 10.3 Å². The molecule has 108 valence electrons. The highest BCUT2D eigenvalue weighted by molar-refractivity contribution is 6.45. The lowest BCUT2D eigenvalue weighted by Crippen LogP contribution is -2.41. The molecular formula is C13H19BN2O4. The highest BCUT2D eigenvalue weighted by Gasteiger charge is 2.50. The van der Waals surface area contributed by atoms with E-state index in [0.29, 0.717) is 12.1 Å². The minimum absolute atomic E-state index is 0.301. The number of hydrogen-bond acceptors (Lipinski definition) is 4. The van der Waals surface area contributed by atoms with Gasteiger partial charge in [0.05, 0.1) is 11.2 Å². The summed E-state index contributed by atoms with van der Waals surface area (Å²) >= 11 is 0. The molecule has 2 heterocycles. The molecule has 0 aromatic carbocycles. The number of nitrogens with zero attached hydrogens (tertiary/aromatic N) is 1. The normalized spacial score (nSPS) is 19.9. The van der Waals surface area contributed by atoms with Gasteiger partial charge < -0.3 is 14.4 Å². The zero-order valence-corrected chi connectivity index (χ0v) is 12.1. The van der Waals surface area contributed by atoms with Crippen LogP contribution in [-0.2, 0) is 15.6 Å². The molecule has 0 unspecified atom stereocenters. The molecule has 7 heteroatoms. The third-order valence-electron chi connectivity index (χ3n) is 3.76. The third-order valence-corrected chi connectivity index (χ3v) is 3.76. The molecule has 0 spiro atoms. The average molecular weight is 278 g/mol. The Morgan fingerprint density at radius 3 is 2.35 bits per heavy atom. The molecule has 6 nitrogen and oxygen atoms in total. The van der Waals surface area contributed by atoms with Gasteiger partial charge >= 0.3 is 13.2 Å². The maximum Gasteiger partial charge on any atom is 0.462 e. The molecule has 1 aliphatic heterocycles. The summed E-state index contributed by atoms with van der Waals surface area (Å²) < 4.78 is 11.8. The molecular weight excluding hydrogens is 259 g/mol. The summed E-state index contributed by atoms with van der Waals surface area (Å²) in [5, 5.41) is 10.8. The molecule has 0 bridgehead atoms. The van der Waals surface area contributed by atoms with Crippen LogP contribution in [0.4, 0.5) is 10.6 Å². The highest BCUT2D eigenvalue weighted by atomic mass is 16.7. The van der Waals surface area contributed by atoms with Gasteiger partial charge in [-0.15, -0.1) is 0 Å². The van der Waals surface area contributed by atoms with Crippen molar-refractivity contribution in [3.8, 4) is 0 Å². The van der Waals surface area contributed by atoms with Gasteiger partial charge in [0.1, 0.15) is 5.82 Å². The second-order valence-corrected chi connectivity index (χ2v) is 5.87. The van der Waals surface area contributed by atoms with Crippen molar-refractivity contribution in [2.24, 2.45) is 0 Å². The van der Waals surface area contributed by atoms with E-state index in [1.807, 2.05) is 33.8 Å². The van der Waals surface area contributed by atoms with Crippen LogP contribution in [0.5, 0.6) is 0 Å². The van der Waals surface area contributed by atoms with Gasteiger partial charge in [-0.2, -0.15) is 0 Å². The molecule has 1 amide bonds. The van der Waals surface area contributed by atoms with Gasteiger partial charge in [-0.1, -0.05) is 6.07 Å². The van der Waals surface area contributed by atoms with Crippen LogP contribution in [0, 0.1) is 0 Å². The van der Waals surface area contributed by atoms with Crippen LogP contribution in [0.25, 0.3) is 0 Å². The third kappa shape index (κ3) is 3.11. The number of anilines is 1. The van der Waals surface area contributed by atoms with Crippen LogP contribution < -0.4 is 5.32 Å². The topological polar surface area (TPSA) is 80.7 Å². The first-order valence-electron chi connectivity index (χ1n) is 6.50. The number of carbonyl (C=O) groups is 1. The fraction of sp³-hybridized carbons (Fsp3) is 0.538. The number of hydrogen-bond donors (Lipinski definition) is 2. The Bertz CT molecular complexity index is 486. The Hall–Kier alpha value is -1.60. The summed E-state index contributed by atoms with van der Waals surface area (Å²) in [6, 6.07) is 3.43. The Kier molecular flexibility index (Phi) is 3.75. The summed E-state index contributed by atoms with van der Waals surface area (Å²) in [6.45, 7) is 8.02. The molecule has 0 atom stereocenters. The predicted molar refractivity (Wildman–Crippen MR) is 75.7 cm³/mol. The molecule has 1 saturated heterocycles. The van der Waals surface area contributed by atoms with Crippen LogP contribution >= 0.6 is 0 Å². The average Bonchev–Trinajstić information content (AvgIpc) is 2.49. The van der Waals surface area contributed by atoms with Crippen molar-refractivity contribution in [1.82, 2.24) is 4.98 Å². The second-order valence-electron chi connectivity index (χ2n) is 5.87. The van der Waals surface area contributed by atoms with Crippen molar-refractivity contribution in [3.05, 3.63) is 23.9 Å². The zero-order chi connectivity index (χ0) is 15.0. The van der Waals surface area contributed by atoms with E-state index in [4.69, 9.17) is 14.4 Å². The number of rotatable bonds is 3. The fourth-order valence-corrected chi connectivity index (χ4v) is 1.97. The Morgan fingerprint density at radius 1 is 1.30 bits per heavy atom. The lowest BCUT2D eigenvalue weighted by atomic mass is 9.81. The summed E-state index contributed by atoms with van der Waals surface area (Å²) in [6.07, 6.45) is 1.07. The van der Waals surface area contributed by atoms with E-state index in [-0.39, 0.29) is 18.3 Å². The lowest BCUT2D eigenvalue weighted by molar-refractivity contribution is 0.00578. The first-order valence-corrected chi connectivity index (χ1v) is 6.50. The minimum Gasteiger partial charge on any atom is -0.465 e. The molecule has 0 radical (unpaired) electrons. The molecule has 0 aliphatic carbocycles. The van der Waals surface area contributed by atoms with Gasteiger partial charge in [-0.25, -0.2) is 9.78 Å². The SMILES string of the molecule is CC1(C)OB(Cc2ccc(NC(=O)O)nc2)OC1(C)C. The first-order chi connectivity index (χ1) is 9.19. The Balaban J connectivity index is 2.00. The number of nitrogens with one attached hydrogen (secondary N) is 1. The molecule has 20 heavy (non-hydrogen) atoms. The number of aromatic nitrogens is 1. The summed E-state index contributed by atoms with van der Waals surface area (Å²) in [7, 11) is -0.319. The van der Waals surface area contributed by atoms with Gasteiger partial charge in [0.2, 0.25) is 0 Å². The summed E-state index contributed by atoms with van der Waals surface area (Å²) in [4.78, 5) is 14.5. The van der Waals surface area contributed by atoms with Crippen molar-refractivity contribution in [2.45, 2.75) is 45.2 Å². The Morgan fingerprint density at radius 2 is 1.90 bits per heavy atom. The van der Waals surface area contributed by atoms with Crippen molar-refractivity contribution in [2.75, 3.05) is 5.32 Å². The largest absolute Gasteiger partial charge is 0.465 e. The maximum atomic E-state index is 10.5. The van der Waals surface area contributed by atoms with E-state index >= 15 is 0 Å². The van der Waals surface area contributed by atoms with Gasteiger partial charge in [0.25, 0.3) is 0 Å². The van der Waals surface area contributed by atoms with Gasteiger partial charge in [-0.3, -0.25) is 5.32 Å². The monoisotopic (exact) mass is 278 g/mol. The van der Waals surface area contributed by atoms with E-state index in [0.717, 1.165) is 5.56 Å². The van der Waals surface area contributed by atoms with Crippen molar-refractivity contribution in [1.29, 1.82) is 0 Å². The van der Waals surface area contributed by atoms with Crippen molar-refractivity contribution < 1.29 is 19.2 Å². The van der Waals surface area contributed by atoms with Crippen LogP contribution in [0.2, 0.25) is 0 Å². The van der Waals surface area contributed by atoms with E-state index < -0.39 is 6.09 Å². The van der Waals surface area contributed by atoms with Crippen molar-refractivity contribution in [3.63, 3.8) is 0 Å². The van der Waals surface area contributed by atoms with E-state index in [1.165, 1.54) is 0 Å². The van der Waals surface area contributed by atoms with E-state index in [1.54, 1.807) is 12.3 Å². The molecule has 1 aromatic rings. The minimum atomic E-state index is -1.13. The smallest absolute Gasteiger partial charge is 0.462 e.